The van der Waals surface area contributed by atoms with Crippen molar-refractivity contribution < 1.29 is 4.79 Å². The molecule has 0 bridgehead atoms. The van der Waals surface area contributed by atoms with Gasteiger partial charge in [0.2, 0.25) is 0 Å². The molecule has 0 aromatic carbocycles. The number of hydrogen-bond donors (Lipinski definition) is 2. The van der Waals surface area contributed by atoms with Gasteiger partial charge in [0.05, 0.1) is 11.8 Å². The maximum absolute atomic E-state index is 12.2. The van der Waals surface area contributed by atoms with E-state index in [9.17, 15) is 4.79 Å². The maximum atomic E-state index is 12.2. The molecule has 0 aliphatic carbocycles. The molecule has 0 aliphatic rings. The highest BCUT2D eigenvalue weighted by atomic mass is 16.1. The third-order valence-corrected chi connectivity index (χ3v) is 3.03. The Bertz CT molecular complexity index is 400. The molecule has 2 aromatic heterocycles. The molecule has 0 spiro atoms. The zero-order valence-corrected chi connectivity index (χ0v) is 9.53. The van der Waals surface area contributed by atoms with Gasteiger partial charge in [-0.3, -0.25) is 4.79 Å². The van der Waals surface area contributed by atoms with E-state index in [1.807, 2.05) is 50.5 Å². The Morgan fingerprint density at radius 3 is 1.75 bits per heavy atom. The van der Waals surface area contributed by atoms with Crippen LogP contribution < -0.4 is 0 Å². The molecular weight excluding hydrogens is 200 g/mol. The van der Waals surface area contributed by atoms with E-state index >= 15 is 0 Å². The molecule has 0 amide bonds. The molecule has 2 unspecified atom stereocenters. The quantitative estimate of drug-likeness (QED) is 0.811. The van der Waals surface area contributed by atoms with Crippen molar-refractivity contribution in [3.05, 3.63) is 48.0 Å². The number of hydrogen-bond acceptors (Lipinski definition) is 1. The Kier molecular flexibility index (Phi) is 2.95. The van der Waals surface area contributed by atoms with Crippen molar-refractivity contribution in [2.75, 3.05) is 0 Å². The highest BCUT2D eigenvalue weighted by Crippen LogP contribution is 2.23. The molecule has 0 fully saturated rings. The first kappa shape index (κ1) is 10.7. The van der Waals surface area contributed by atoms with Crippen LogP contribution >= 0.6 is 0 Å². The molecule has 2 aromatic rings. The molecule has 2 N–H and O–H groups in total. The molecule has 0 aliphatic heterocycles. The smallest absolute Gasteiger partial charge is 0.150 e. The molecule has 0 saturated carbocycles. The molecule has 3 heteroatoms. The number of nitrogens with one attached hydrogen (secondary N) is 2. The van der Waals surface area contributed by atoms with Gasteiger partial charge in [0, 0.05) is 23.8 Å². The highest BCUT2D eigenvalue weighted by Gasteiger charge is 2.23. The van der Waals surface area contributed by atoms with Crippen LogP contribution in [0.4, 0.5) is 0 Å². The lowest BCUT2D eigenvalue weighted by molar-refractivity contribution is -0.121. The van der Waals surface area contributed by atoms with E-state index in [0.717, 1.165) is 11.4 Å². The van der Waals surface area contributed by atoms with E-state index in [0.29, 0.717) is 0 Å². The summed E-state index contributed by atoms with van der Waals surface area (Å²) >= 11 is 0. The summed E-state index contributed by atoms with van der Waals surface area (Å²) in [7, 11) is 0. The fraction of sp³-hybridized carbons (Fsp3) is 0.308. The summed E-state index contributed by atoms with van der Waals surface area (Å²) in [4.78, 5) is 18.4. The van der Waals surface area contributed by atoms with Gasteiger partial charge in [-0.2, -0.15) is 0 Å². The molecule has 3 nitrogen and oxygen atoms in total. The lowest BCUT2D eigenvalue weighted by atomic mass is 9.91. The van der Waals surface area contributed by atoms with Crippen LogP contribution in [0, 0.1) is 0 Å². The van der Waals surface area contributed by atoms with Crippen molar-refractivity contribution in [2.24, 2.45) is 0 Å². The number of carbonyl (C=O) groups is 1. The average molecular weight is 216 g/mol. The topological polar surface area (TPSA) is 48.6 Å². The van der Waals surface area contributed by atoms with E-state index < -0.39 is 0 Å². The van der Waals surface area contributed by atoms with Gasteiger partial charge in [-0.1, -0.05) is 0 Å². The van der Waals surface area contributed by atoms with Crippen molar-refractivity contribution in [2.45, 2.75) is 25.7 Å². The van der Waals surface area contributed by atoms with Gasteiger partial charge in [-0.05, 0) is 38.1 Å². The minimum absolute atomic E-state index is 0.0895. The van der Waals surface area contributed by atoms with Gasteiger partial charge >= 0.3 is 0 Å². The number of rotatable bonds is 4. The number of aromatic amines is 2. The first-order valence-corrected chi connectivity index (χ1v) is 5.50. The van der Waals surface area contributed by atoms with Crippen molar-refractivity contribution in [3.63, 3.8) is 0 Å². The van der Waals surface area contributed by atoms with E-state index in [1.165, 1.54) is 0 Å². The second-order valence-electron chi connectivity index (χ2n) is 4.10. The Labute approximate surface area is 94.9 Å². The number of carbonyl (C=O) groups excluding carboxylic acids is 1. The van der Waals surface area contributed by atoms with Crippen molar-refractivity contribution in [3.8, 4) is 0 Å². The standard InChI is InChI=1S/C13H16N2O/c1-9(11-5-3-7-14-11)13(16)10(2)12-6-4-8-15-12/h3-10,14-15H,1-2H3. The average Bonchev–Trinajstić information content (AvgIpc) is 2.97. The summed E-state index contributed by atoms with van der Waals surface area (Å²) in [6.45, 7) is 3.88. The van der Waals surface area contributed by atoms with E-state index in [1.54, 1.807) is 0 Å². The Balaban J connectivity index is 2.14. The molecule has 0 saturated heterocycles. The first-order chi connectivity index (χ1) is 7.70. The van der Waals surface area contributed by atoms with Crippen LogP contribution in [-0.4, -0.2) is 15.8 Å². The van der Waals surface area contributed by atoms with Crippen LogP contribution in [-0.2, 0) is 4.79 Å². The van der Waals surface area contributed by atoms with E-state index in [-0.39, 0.29) is 17.6 Å². The van der Waals surface area contributed by atoms with Gasteiger partial charge in [0.1, 0.15) is 5.78 Å². The van der Waals surface area contributed by atoms with Gasteiger partial charge in [-0.15, -0.1) is 0 Å². The first-order valence-electron chi connectivity index (χ1n) is 5.50. The summed E-state index contributed by atoms with van der Waals surface area (Å²) in [6, 6.07) is 7.73. The van der Waals surface area contributed by atoms with Crippen molar-refractivity contribution >= 4 is 5.78 Å². The molecular formula is C13H16N2O. The summed E-state index contributed by atoms with van der Waals surface area (Å²) < 4.78 is 0. The third-order valence-electron chi connectivity index (χ3n) is 3.03. The molecule has 2 heterocycles. The number of ketones is 1. The Morgan fingerprint density at radius 1 is 1.00 bits per heavy atom. The molecule has 2 atom stereocenters. The van der Waals surface area contributed by atoms with Gasteiger partial charge in [0.15, 0.2) is 0 Å². The largest absolute Gasteiger partial charge is 0.364 e. The SMILES string of the molecule is CC(C(=O)C(C)c1ccc[nH]1)c1ccc[nH]1. The van der Waals surface area contributed by atoms with Crippen LogP contribution in [0.3, 0.4) is 0 Å². The lowest BCUT2D eigenvalue weighted by Gasteiger charge is -2.14. The summed E-state index contributed by atoms with van der Waals surface area (Å²) in [5.74, 6) is 0.0477. The monoisotopic (exact) mass is 216 g/mol. The number of aromatic nitrogens is 2. The third kappa shape index (κ3) is 1.94. The van der Waals surface area contributed by atoms with Gasteiger partial charge in [0.25, 0.3) is 0 Å². The number of Topliss-reactive ketones (excluding diaryl/α,β-unsaturated/α-hetero) is 1. The minimum Gasteiger partial charge on any atom is -0.364 e. The van der Waals surface area contributed by atoms with Crippen molar-refractivity contribution in [1.82, 2.24) is 9.97 Å². The van der Waals surface area contributed by atoms with Gasteiger partial charge < -0.3 is 9.97 Å². The normalized spacial score (nSPS) is 14.6. The van der Waals surface area contributed by atoms with E-state index in [4.69, 9.17) is 0 Å². The summed E-state index contributed by atoms with van der Waals surface area (Å²) in [6.07, 6.45) is 3.69. The lowest BCUT2D eigenvalue weighted by Crippen LogP contribution is -2.17. The number of H-pyrrole nitrogens is 2. The zero-order valence-electron chi connectivity index (χ0n) is 9.53. The molecule has 84 valence electrons. The Morgan fingerprint density at radius 2 is 1.44 bits per heavy atom. The molecule has 16 heavy (non-hydrogen) atoms. The van der Waals surface area contributed by atoms with Crippen LogP contribution in [0.2, 0.25) is 0 Å². The zero-order chi connectivity index (χ0) is 11.5. The minimum atomic E-state index is -0.0895. The van der Waals surface area contributed by atoms with Crippen LogP contribution in [0.15, 0.2) is 36.7 Å². The van der Waals surface area contributed by atoms with Gasteiger partial charge in [-0.25, -0.2) is 0 Å². The summed E-state index contributed by atoms with van der Waals surface area (Å²) in [5, 5.41) is 0. The fourth-order valence-corrected chi connectivity index (χ4v) is 1.91. The molecule has 2 rings (SSSR count). The highest BCUT2D eigenvalue weighted by molar-refractivity contribution is 5.90. The molecule has 0 radical (unpaired) electrons. The predicted molar refractivity (Wildman–Crippen MR) is 63.4 cm³/mol. The predicted octanol–water partition coefficient (Wildman–Crippen LogP) is 2.82. The van der Waals surface area contributed by atoms with Crippen LogP contribution in [0.5, 0.6) is 0 Å². The summed E-state index contributed by atoms with van der Waals surface area (Å²) in [5.41, 5.74) is 1.95. The second-order valence-corrected chi connectivity index (χ2v) is 4.10. The van der Waals surface area contributed by atoms with E-state index in [2.05, 4.69) is 9.97 Å². The maximum Gasteiger partial charge on any atom is 0.150 e. The van der Waals surface area contributed by atoms with Crippen LogP contribution in [0.25, 0.3) is 0 Å². The second kappa shape index (κ2) is 4.39. The van der Waals surface area contributed by atoms with Crippen LogP contribution in [0.1, 0.15) is 37.1 Å². The van der Waals surface area contributed by atoms with Crippen molar-refractivity contribution in [1.29, 1.82) is 0 Å². The Hall–Kier alpha value is -1.77. The fourth-order valence-electron chi connectivity index (χ4n) is 1.91.